The van der Waals surface area contributed by atoms with Crippen molar-refractivity contribution in [3.8, 4) is 67.8 Å². The Kier molecular flexibility index (Phi) is 27.3. The first-order valence-corrected chi connectivity index (χ1v) is 49.6. The van der Waals surface area contributed by atoms with Gasteiger partial charge in [0.15, 0.2) is 5.78 Å². The number of ketones is 1. The van der Waals surface area contributed by atoms with Crippen molar-refractivity contribution in [2.75, 3.05) is 24.9 Å². The molecule has 8 heterocycles. The second-order valence-corrected chi connectivity index (χ2v) is 42.5. The molecule has 4 aromatic heterocycles. The van der Waals surface area contributed by atoms with Crippen molar-refractivity contribution in [1.82, 2.24) is 39.1 Å². The Morgan fingerprint density at radius 1 is 0.307 bits per heavy atom. The van der Waals surface area contributed by atoms with E-state index >= 15 is 0 Å². The third kappa shape index (κ3) is 19.7. The van der Waals surface area contributed by atoms with E-state index in [0.29, 0.717) is 11.8 Å². The molecule has 12 aromatic carbocycles. The van der Waals surface area contributed by atoms with E-state index in [1.807, 2.05) is 50.2 Å². The fourth-order valence-electron chi connectivity index (χ4n) is 20.8. The SMILES string of the molecule is CC(=O)Nc1ccc(-c2c3c(nn2-c2c(C)cccc2C)CN(c2ccccc2C(C)C)C3)cc1.CC(=O)c1ccc(-c2c3c(nn2-c2c(C)cccc2C)CN(c2cc(C(C)(C)C)ccc2C)C3)cc1.Cc1ccc(-c2c3c(nn2-c2c(C)cccc2C)CN(c2ccccc2C(C)C)C3)cc1.Cc1ccc(C(C)(C)C)cc1N1Cc2nn(-c3c(C)cccc3C)c(-c3ccc(C(C)(C)O)cc3)c2C1. The Labute approximate surface area is 829 Å². The van der Waals surface area contributed by atoms with Crippen LogP contribution in [0.1, 0.15) is 253 Å². The van der Waals surface area contributed by atoms with Crippen LogP contribution in [-0.2, 0) is 73.6 Å². The molecule has 16 heteroatoms. The maximum absolute atomic E-state index is 11.9. The summed E-state index contributed by atoms with van der Waals surface area (Å²) >= 11 is 0. The zero-order valence-electron chi connectivity index (χ0n) is 86.7. The molecule has 0 saturated carbocycles. The van der Waals surface area contributed by atoms with Gasteiger partial charge in [-0.3, -0.25) is 9.59 Å². The number of hydrogen-bond donors (Lipinski definition) is 2. The topological polar surface area (TPSA) is 151 Å². The van der Waals surface area contributed by atoms with Crippen molar-refractivity contribution >= 4 is 40.1 Å². The van der Waals surface area contributed by atoms with Gasteiger partial charge in [-0.2, -0.15) is 20.4 Å². The Morgan fingerprint density at radius 2 is 0.579 bits per heavy atom. The van der Waals surface area contributed by atoms with Gasteiger partial charge in [-0.05, 0) is 239 Å². The third-order valence-electron chi connectivity index (χ3n) is 28.5. The van der Waals surface area contributed by atoms with Crippen LogP contribution in [0.3, 0.4) is 0 Å². The number of benzene rings is 12. The van der Waals surface area contributed by atoms with Gasteiger partial charge in [-0.1, -0.05) is 293 Å². The molecule has 0 saturated heterocycles. The van der Waals surface area contributed by atoms with E-state index in [9.17, 15) is 14.7 Å². The van der Waals surface area contributed by atoms with Crippen LogP contribution in [0.15, 0.2) is 255 Å². The number of nitrogens with one attached hydrogen (secondary N) is 1. The maximum Gasteiger partial charge on any atom is 0.221 e. The second kappa shape index (κ2) is 39.2. The van der Waals surface area contributed by atoms with Crippen molar-refractivity contribution in [1.29, 1.82) is 0 Å². The lowest BCUT2D eigenvalue weighted by Gasteiger charge is -2.26. The van der Waals surface area contributed by atoms with Crippen molar-refractivity contribution < 1.29 is 14.7 Å². The summed E-state index contributed by atoms with van der Waals surface area (Å²) in [7, 11) is 0. The molecule has 4 aliphatic heterocycles. The van der Waals surface area contributed by atoms with Crippen molar-refractivity contribution in [2.24, 2.45) is 0 Å². The van der Waals surface area contributed by atoms with E-state index in [2.05, 4.69) is 407 Å². The van der Waals surface area contributed by atoms with Crippen LogP contribution in [0.25, 0.3) is 67.8 Å². The minimum Gasteiger partial charge on any atom is -0.386 e. The first-order valence-electron chi connectivity index (χ1n) is 49.6. The minimum absolute atomic E-state index is 0.0707. The van der Waals surface area contributed by atoms with Crippen LogP contribution < -0.4 is 24.9 Å². The molecular formula is C124H137N13O3. The van der Waals surface area contributed by atoms with Crippen LogP contribution in [0, 0.1) is 76.2 Å². The number of para-hydroxylation sites is 6. The number of aromatic nitrogens is 8. The minimum atomic E-state index is -0.875. The number of rotatable bonds is 17. The van der Waals surface area contributed by atoms with Gasteiger partial charge in [0.1, 0.15) is 0 Å². The molecule has 2 N–H and O–H groups in total. The number of nitrogens with zero attached hydrogens (tertiary/aromatic N) is 12. The fourth-order valence-corrected chi connectivity index (χ4v) is 20.8. The van der Waals surface area contributed by atoms with E-state index in [1.165, 1.54) is 158 Å². The van der Waals surface area contributed by atoms with Crippen LogP contribution in [-0.4, -0.2) is 55.9 Å². The molecule has 0 atom stereocenters. The zero-order valence-corrected chi connectivity index (χ0v) is 86.7. The highest BCUT2D eigenvalue weighted by molar-refractivity contribution is 5.95. The molecule has 0 bridgehead atoms. The summed E-state index contributed by atoms with van der Waals surface area (Å²) in [4.78, 5) is 33.3. The smallest absolute Gasteiger partial charge is 0.221 e. The second-order valence-electron chi connectivity index (χ2n) is 42.5. The number of aliphatic hydroxyl groups is 1. The van der Waals surface area contributed by atoms with E-state index in [0.717, 1.165) is 137 Å². The molecule has 140 heavy (non-hydrogen) atoms. The van der Waals surface area contributed by atoms with Gasteiger partial charge < -0.3 is 30.0 Å². The Hall–Kier alpha value is -14.2. The summed E-state index contributed by atoms with van der Waals surface area (Å²) in [6.07, 6.45) is 0. The van der Waals surface area contributed by atoms with Crippen molar-refractivity contribution in [2.45, 2.75) is 254 Å². The Bertz CT molecular complexity index is 7270. The van der Waals surface area contributed by atoms with E-state index in [4.69, 9.17) is 20.4 Å². The lowest BCUT2D eigenvalue weighted by Crippen LogP contribution is -2.20. The van der Waals surface area contributed by atoms with Crippen molar-refractivity contribution in [3.05, 3.63) is 394 Å². The van der Waals surface area contributed by atoms with Crippen LogP contribution in [0.4, 0.5) is 28.4 Å². The van der Waals surface area contributed by atoms with Gasteiger partial charge in [0.05, 0.1) is 100 Å². The number of amides is 1. The number of carbonyl (C=O) groups is 2. The lowest BCUT2D eigenvalue weighted by atomic mass is 9.86. The van der Waals surface area contributed by atoms with Crippen LogP contribution >= 0.6 is 0 Å². The summed E-state index contributed by atoms with van der Waals surface area (Å²) in [6, 6.07) is 90.1. The van der Waals surface area contributed by atoms with Gasteiger partial charge in [0.25, 0.3) is 0 Å². The standard InChI is InChI=1S/C33H39N3O.C32H35N3O.C30H32N4O.C29H31N3/c1-21-12-15-26(32(4,5)6)18-29(21)35-19-27-28(20-35)34-36(30-22(2)10-9-11-23(30)3)31(27)24-13-16-25(17-14-24)33(7,8)37;1-20-11-16-26(32(5,6)7)17-29(20)34-18-27-28(19-34)33-35(30-21(2)9-8-10-22(30)3)31(27)25-14-12-24(13-15-25)23(4)36;1-19(2)25-11-6-7-12-28(25)33-17-26-27(18-33)32-34(29-20(3)9-8-10-21(29)4)30(26)23-13-15-24(16-14-23)31-22(5)35;1-19(2)24-11-6-7-12-27(24)31-17-25-26(18-31)30-32(28-21(4)9-8-10-22(28)5)29(25)23-15-13-20(3)14-16-23/h9-18,37H,19-20H2,1-8H3;8-17H,18-19H2,1-7H3;6-16,19H,17-18H2,1-5H3,(H,31,35);6-16,19H,17-18H2,1-5H3. The third-order valence-corrected chi connectivity index (χ3v) is 28.5. The fraction of sp³-hybridized carbons (Fsp3) is 0.306. The number of hydrogen-bond acceptors (Lipinski definition) is 11. The molecule has 0 radical (unpaired) electrons. The largest absolute Gasteiger partial charge is 0.386 e. The van der Waals surface area contributed by atoms with Gasteiger partial charge in [-0.15, -0.1) is 0 Å². The predicted octanol–water partition coefficient (Wildman–Crippen LogP) is 28.9. The molecule has 0 aliphatic carbocycles. The molecule has 0 fully saturated rings. The quantitative estimate of drug-likeness (QED) is 0.0839. The Balaban J connectivity index is 0.000000129. The monoisotopic (exact) mass is 1860 g/mol. The molecule has 0 spiro atoms. The molecular weight excluding hydrogens is 1720 g/mol. The summed E-state index contributed by atoms with van der Waals surface area (Å²) in [6.45, 7) is 59.7. The number of carbonyl (C=O) groups excluding carboxylic acids is 2. The van der Waals surface area contributed by atoms with Gasteiger partial charge >= 0.3 is 0 Å². The van der Waals surface area contributed by atoms with Gasteiger partial charge in [0.2, 0.25) is 5.91 Å². The van der Waals surface area contributed by atoms with Crippen molar-refractivity contribution in [3.63, 3.8) is 0 Å². The molecule has 716 valence electrons. The molecule has 16 nitrogen and oxygen atoms in total. The number of fused-ring (bicyclic) bond motifs is 4. The Morgan fingerprint density at radius 3 is 0.857 bits per heavy atom. The lowest BCUT2D eigenvalue weighted by molar-refractivity contribution is -0.114. The van der Waals surface area contributed by atoms with E-state index in [-0.39, 0.29) is 22.5 Å². The maximum atomic E-state index is 11.9. The molecule has 0 unspecified atom stereocenters. The van der Waals surface area contributed by atoms with Gasteiger partial charge in [0, 0.05) is 112 Å². The predicted molar refractivity (Wildman–Crippen MR) is 579 cm³/mol. The normalized spacial score (nSPS) is 13.3. The summed E-state index contributed by atoms with van der Waals surface area (Å²) in [5.41, 5.74) is 49.3. The molecule has 20 rings (SSSR count). The molecule has 1 amide bonds. The highest BCUT2D eigenvalue weighted by atomic mass is 16.3. The molecule has 16 aromatic rings. The summed E-state index contributed by atoms with van der Waals surface area (Å²) < 4.78 is 8.62. The van der Waals surface area contributed by atoms with E-state index in [1.54, 1.807) is 6.92 Å². The van der Waals surface area contributed by atoms with E-state index < -0.39 is 5.60 Å². The average Bonchev–Trinajstić information content (AvgIpc) is 1.60. The van der Waals surface area contributed by atoms with Crippen LogP contribution in [0.5, 0.6) is 0 Å². The van der Waals surface area contributed by atoms with Crippen LogP contribution in [0.2, 0.25) is 0 Å². The average molecular weight is 1860 g/mol. The highest BCUT2D eigenvalue weighted by Gasteiger charge is 2.38. The van der Waals surface area contributed by atoms with Gasteiger partial charge in [-0.25, -0.2) is 18.7 Å². The summed E-state index contributed by atoms with van der Waals surface area (Å²) in [5, 5.41) is 34.2. The zero-order chi connectivity index (χ0) is 99.6. The highest BCUT2D eigenvalue weighted by Crippen LogP contribution is 2.47. The number of Topliss-reactive ketones (excluding diaryl/α,β-unsaturated/α-hetero) is 1. The first-order chi connectivity index (χ1) is 66.6. The number of aryl methyl sites for hydroxylation is 11. The first kappa shape index (κ1) is 97.4. The summed E-state index contributed by atoms with van der Waals surface area (Å²) in [5.74, 6) is 0.953. The molecule has 4 aliphatic rings. The number of anilines is 5.